The third kappa shape index (κ3) is 2.99. The fourth-order valence-electron chi connectivity index (χ4n) is 1.44. The van der Waals surface area contributed by atoms with Crippen molar-refractivity contribution >= 4 is 5.91 Å². The van der Waals surface area contributed by atoms with E-state index in [9.17, 15) is 4.79 Å². The van der Waals surface area contributed by atoms with Crippen LogP contribution in [0.1, 0.15) is 40.5 Å². The Bertz CT molecular complexity index is 196. The molecule has 1 aliphatic rings. The van der Waals surface area contributed by atoms with Crippen LogP contribution < -0.4 is 5.32 Å². The van der Waals surface area contributed by atoms with Gasteiger partial charge in [-0.1, -0.05) is 0 Å². The summed E-state index contributed by atoms with van der Waals surface area (Å²) in [5.74, 6) is 0.282. The highest BCUT2D eigenvalue weighted by Crippen LogP contribution is 2.17. The Hall–Kier alpha value is -0.570. The number of hydrogen-bond acceptors (Lipinski definition) is 2. The number of hydrogen-bond donors (Lipinski definition) is 1. The molecular weight excluding hydrogens is 164 g/mol. The van der Waals surface area contributed by atoms with Crippen LogP contribution in [0.25, 0.3) is 0 Å². The maximum Gasteiger partial charge on any atom is 0.223 e. The van der Waals surface area contributed by atoms with Gasteiger partial charge >= 0.3 is 0 Å². The van der Waals surface area contributed by atoms with Crippen molar-refractivity contribution in [2.24, 2.45) is 0 Å². The van der Waals surface area contributed by atoms with Crippen LogP contribution in [0.5, 0.6) is 0 Å². The summed E-state index contributed by atoms with van der Waals surface area (Å²) in [4.78, 5) is 13.3. The highest BCUT2D eigenvalue weighted by molar-refractivity contribution is 5.78. The maximum absolute atomic E-state index is 11.4. The normalized spacial score (nSPS) is 24.2. The van der Waals surface area contributed by atoms with Crippen molar-refractivity contribution in [2.75, 3.05) is 6.67 Å². The standard InChI is InChI=1S/C10H20N2O/c1-8-5-6-9(13)12(8)7-11-10(2,3)4/h8,11H,5-7H2,1-4H3. The van der Waals surface area contributed by atoms with E-state index in [1.54, 1.807) is 0 Å². The molecule has 0 aromatic rings. The molecule has 0 radical (unpaired) electrons. The molecule has 1 aliphatic heterocycles. The van der Waals surface area contributed by atoms with Gasteiger partial charge in [0.25, 0.3) is 0 Å². The lowest BCUT2D eigenvalue weighted by Gasteiger charge is -2.28. The lowest BCUT2D eigenvalue weighted by molar-refractivity contribution is -0.129. The van der Waals surface area contributed by atoms with E-state index < -0.39 is 0 Å². The van der Waals surface area contributed by atoms with E-state index in [1.165, 1.54) is 0 Å². The van der Waals surface area contributed by atoms with Crippen LogP contribution in [0.3, 0.4) is 0 Å². The third-order valence-corrected chi connectivity index (χ3v) is 2.41. The minimum atomic E-state index is 0.0859. The number of carbonyl (C=O) groups is 1. The predicted molar refractivity (Wildman–Crippen MR) is 53.3 cm³/mol. The van der Waals surface area contributed by atoms with E-state index in [0.717, 1.165) is 6.42 Å². The number of likely N-dealkylation sites (tertiary alicyclic amines) is 1. The van der Waals surface area contributed by atoms with Gasteiger partial charge in [-0.2, -0.15) is 0 Å². The van der Waals surface area contributed by atoms with Gasteiger partial charge in [0.15, 0.2) is 0 Å². The van der Waals surface area contributed by atoms with Crippen LogP contribution in [-0.4, -0.2) is 29.1 Å². The second-order valence-electron chi connectivity index (χ2n) is 4.84. The SMILES string of the molecule is CC1CCC(=O)N1CNC(C)(C)C. The molecule has 0 aromatic carbocycles. The largest absolute Gasteiger partial charge is 0.327 e. The van der Waals surface area contributed by atoms with Gasteiger partial charge in [0.2, 0.25) is 5.91 Å². The van der Waals surface area contributed by atoms with Crippen LogP contribution in [0.4, 0.5) is 0 Å². The molecule has 13 heavy (non-hydrogen) atoms. The van der Waals surface area contributed by atoms with Crippen molar-refractivity contribution in [1.29, 1.82) is 0 Å². The van der Waals surface area contributed by atoms with Gasteiger partial charge < -0.3 is 4.90 Å². The molecule has 1 saturated heterocycles. The van der Waals surface area contributed by atoms with Gasteiger partial charge in [-0.05, 0) is 34.1 Å². The summed E-state index contributed by atoms with van der Waals surface area (Å²) in [6.45, 7) is 9.12. The Morgan fingerprint density at radius 3 is 2.54 bits per heavy atom. The highest BCUT2D eigenvalue weighted by Gasteiger charge is 2.27. The van der Waals surface area contributed by atoms with Gasteiger partial charge in [-0.15, -0.1) is 0 Å². The van der Waals surface area contributed by atoms with Gasteiger partial charge in [-0.25, -0.2) is 0 Å². The second kappa shape index (κ2) is 3.66. The molecule has 0 bridgehead atoms. The zero-order valence-corrected chi connectivity index (χ0v) is 9.05. The molecule has 1 heterocycles. The summed E-state index contributed by atoms with van der Waals surface area (Å²) in [5.41, 5.74) is 0.0859. The average Bonchev–Trinajstić information content (AvgIpc) is 2.27. The van der Waals surface area contributed by atoms with Crippen LogP contribution in [0, 0.1) is 0 Å². The van der Waals surface area contributed by atoms with Crippen molar-refractivity contribution in [2.45, 2.75) is 52.1 Å². The molecule has 1 fully saturated rings. The van der Waals surface area contributed by atoms with Crippen LogP contribution in [0.15, 0.2) is 0 Å². The number of nitrogens with one attached hydrogen (secondary N) is 1. The molecule has 0 aromatic heterocycles. The fourth-order valence-corrected chi connectivity index (χ4v) is 1.44. The Morgan fingerprint density at radius 1 is 1.54 bits per heavy atom. The van der Waals surface area contributed by atoms with E-state index >= 15 is 0 Å². The Balaban J connectivity index is 2.40. The molecule has 0 aliphatic carbocycles. The van der Waals surface area contributed by atoms with Crippen molar-refractivity contribution in [1.82, 2.24) is 10.2 Å². The molecule has 1 atom stereocenters. The number of nitrogens with zero attached hydrogens (tertiary/aromatic N) is 1. The van der Waals surface area contributed by atoms with Gasteiger partial charge in [0.1, 0.15) is 0 Å². The zero-order valence-electron chi connectivity index (χ0n) is 9.05. The van der Waals surface area contributed by atoms with E-state index in [2.05, 4.69) is 33.0 Å². The minimum absolute atomic E-state index is 0.0859. The van der Waals surface area contributed by atoms with Crippen molar-refractivity contribution in [3.63, 3.8) is 0 Å². The minimum Gasteiger partial charge on any atom is -0.327 e. The van der Waals surface area contributed by atoms with Crippen molar-refractivity contribution in [3.8, 4) is 0 Å². The average molecular weight is 184 g/mol. The predicted octanol–water partition coefficient (Wildman–Crippen LogP) is 1.34. The van der Waals surface area contributed by atoms with E-state index in [1.807, 2.05) is 4.90 Å². The topological polar surface area (TPSA) is 32.3 Å². The van der Waals surface area contributed by atoms with Gasteiger partial charge in [0.05, 0.1) is 6.67 Å². The summed E-state index contributed by atoms with van der Waals surface area (Å²) in [6.07, 6.45) is 1.72. The monoisotopic (exact) mass is 184 g/mol. The van der Waals surface area contributed by atoms with E-state index in [-0.39, 0.29) is 11.4 Å². The third-order valence-electron chi connectivity index (χ3n) is 2.41. The molecule has 1 amide bonds. The molecule has 1 N–H and O–H groups in total. The second-order valence-corrected chi connectivity index (χ2v) is 4.84. The lowest BCUT2D eigenvalue weighted by atomic mass is 10.1. The first-order valence-corrected chi connectivity index (χ1v) is 4.94. The van der Waals surface area contributed by atoms with Gasteiger partial charge in [-0.3, -0.25) is 10.1 Å². The van der Waals surface area contributed by atoms with Crippen LogP contribution in [-0.2, 0) is 4.79 Å². The molecule has 1 rings (SSSR count). The number of amides is 1. The number of rotatable bonds is 2. The summed E-state index contributed by atoms with van der Waals surface area (Å²) >= 11 is 0. The highest BCUT2D eigenvalue weighted by atomic mass is 16.2. The molecule has 0 spiro atoms. The molecule has 3 nitrogen and oxygen atoms in total. The first-order valence-electron chi connectivity index (χ1n) is 4.94. The summed E-state index contributed by atoms with van der Waals surface area (Å²) in [5, 5.41) is 3.33. The fraction of sp³-hybridized carbons (Fsp3) is 0.900. The summed E-state index contributed by atoms with van der Waals surface area (Å²) in [7, 11) is 0. The molecule has 3 heteroatoms. The Labute approximate surface area is 80.5 Å². The molecule has 0 saturated carbocycles. The lowest BCUT2D eigenvalue weighted by Crippen LogP contribution is -2.46. The van der Waals surface area contributed by atoms with E-state index in [4.69, 9.17) is 0 Å². The summed E-state index contributed by atoms with van der Waals surface area (Å²) in [6, 6.07) is 0.405. The smallest absolute Gasteiger partial charge is 0.223 e. The van der Waals surface area contributed by atoms with Crippen LogP contribution in [0.2, 0.25) is 0 Å². The van der Waals surface area contributed by atoms with Gasteiger partial charge in [0, 0.05) is 18.0 Å². The summed E-state index contributed by atoms with van der Waals surface area (Å²) < 4.78 is 0. The molecular formula is C10H20N2O. The Kier molecular flexibility index (Phi) is 2.96. The molecule has 1 unspecified atom stereocenters. The maximum atomic E-state index is 11.4. The van der Waals surface area contributed by atoms with Crippen molar-refractivity contribution < 1.29 is 4.79 Å². The first-order chi connectivity index (χ1) is 5.90. The van der Waals surface area contributed by atoms with E-state index in [0.29, 0.717) is 19.1 Å². The first kappa shape index (κ1) is 10.5. The van der Waals surface area contributed by atoms with Crippen LogP contribution >= 0.6 is 0 Å². The Morgan fingerprint density at radius 2 is 2.15 bits per heavy atom. The number of carbonyl (C=O) groups excluding carboxylic acids is 1. The molecule has 76 valence electrons. The van der Waals surface area contributed by atoms with Crippen molar-refractivity contribution in [3.05, 3.63) is 0 Å². The zero-order chi connectivity index (χ0) is 10.1. The quantitative estimate of drug-likeness (QED) is 0.702.